The lowest BCUT2D eigenvalue weighted by atomic mass is 10.0. The van der Waals surface area contributed by atoms with Crippen molar-refractivity contribution in [3.05, 3.63) is 44.6 Å². The van der Waals surface area contributed by atoms with Crippen LogP contribution in [0.15, 0.2) is 30.5 Å². The van der Waals surface area contributed by atoms with Gasteiger partial charge in [0.15, 0.2) is 0 Å². The van der Waals surface area contributed by atoms with E-state index in [9.17, 15) is 4.79 Å². The lowest BCUT2D eigenvalue weighted by molar-refractivity contribution is 0.0540. The molecule has 118 valence electrons. The predicted octanol–water partition coefficient (Wildman–Crippen LogP) is 5.76. The first-order valence-corrected chi connectivity index (χ1v) is 8.57. The van der Waals surface area contributed by atoms with Crippen LogP contribution in [0.2, 0.25) is 5.02 Å². The Morgan fingerprint density at radius 3 is 2.59 bits per heavy atom. The SMILES string of the molecule is CCc1ccc(Cl)cc1-c1cc(I)cn1C(=O)OC(C)(C)C. The van der Waals surface area contributed by atoms with Crippen LogP contribution in [0, 0.1) is 3.57 Å². The Kier molecular flexibility index (Phi) is 5.22. The van der Waals surface area contributed by atoms with Gasteiger partial charge in [0.2, 0.25) is 0 Å². The van der Waals surface area contributed by atoms with E-state index in [0.29, 0.717) is 5.02 Å². The van der Waals surface area contributed by atoms with Crippen molar-refractivity contribution < 1.29 is 9.53 Å². The second-order valence-corrected chi connectivity index (χ2v) is 7.73. The molecule has 0 unspecified atom stereocenters. The quantitative estimate of drug-likeness (QED) is 0.566. The molecule has 5 heteroatoms. The van der Waals surface area contributed by atoms with Gasteiger partial charge >= 0.3 is 6.09 Å². The lowest BCUT2D eigenvalue weighted by Crippen LogP contribution is -2.27. The molecule has 1 aromatic heterocycles. The molecule has 0 N–H and O–H groups in total. The largest absolute Gasteiger partial charge is 0.443 e. The molecular weight excluding hydrogens is 413 g/mol. The normalized spacial score (nSPS) is 11.5. The first-order chi connectivity index (χ1) is 10.2. The molecule has 0 saturated carbocycles. The van der Waals surface area contributed by atoms with Gasteiger partial charge in [-0.05, 0) is 73.5 Å². The van der Waals surface area contributed by atoms with Crippen molar-refractivity contribution in [2.45, 2.75) is 39.7 Å². The van der Waals surface area contributed by atoms with Gasteiger partial charge in [-0.1, -0.05) is 24.6 Å². The van der Waals surface area contributed by atoms with Crippen molar-refractivity contribution in [1.29, 1.82) is 0 Å². The highest BCUT2D eigenvalue weighted by Gasteiger charge is 2.21. The third kappa shape index (κ3) is 4.04. The molecule has 0 aliphatic carbocycles. The molecule has 0 spiro atoms. The summed E-state index contributed by atoms with van der Waals surface area (Å²) >= 11 is 8.34. The molecule has 22 heavy (non-hydrogen) atoms. The molecule has 0 aliphatic heterocycles. The van der Waals surface area contributed by atoms with Gasteiger partial charge in [0, 0.05) is 20.4 Å². The van der Waals surface area contributed by atoms with E-state index in [1.165, 1.54) is 0 Å². The van der Waals surface area contributed by atoms with Gasteiger partial charge in [0.25, 0.3) is 0 Å². The minimum absolute atomic E-state index is 0.382. The van der Waals surface area contributed by atoms with Crippen LogP contribution in [-0.4, -0.2) is 16.3 Å². The van der Waals surface area contributed by atoms with Crippen LogP contribution < -0.4 is 0 Å². The van der Waals surface area contributed by atoms with Gasteiger partial charge in [-0.3, -0.25) is 4.57 Å². The zero-order valence-electron chi connectivity index (χ0n) is 13.1. The van der Waals surface area contributed by atoms with Gasteiger partial charge in [-0.15, -0.1) is 0 Å². The number of hydrogen-bond acceptors (Lipinski definition) is 2. The Morgan fingerprint density at radius 1 is 1.32 bits per heavy atom. The fourth-order valence-corrected chi connectivity index (χ4v) is 2.94. The van der Waals surface area contributed by atoms with E-state index in [1.54, 1.807) is 10.8 Å². The number of benzene rings is 1. The molecule has 0 atom stereocenters. The van der Waals surface area contributed by atoms with Crippen molar-refractivity contribution in [3.63, 3.8) is 0 Å². The third-order valence-corrected chi connectivity index (χ3v) is 3.93. The second kappa shape index (κ2) is 6.62. The van der Waals surface area contributed by atoms with Crippen LogP contribution in [0.1, 0.15) is 33.3 Å². The van der Waals surface area contributed by atoms with Crippen molar-refractivity contribution in [2.75, 3.05) is 0 Å². The average molecular weight is 432 g/mol. The molecular formula is C17H19ClINO2. The first kappa shape index (κ1) is 17.3. The standard InChI is InChI=1S/C17H19ClINO2/c1-5-11-6-7-12(18)8-14(11)15-9-13(19)10-20(15)16(21)22-17(2,3)4/h6-10H,5H2,1-4H3. The Bertz CT molecular complexity index is 701. The minimum Gasteiger partial charge on any atom is -0.443 e. The fraction of sp³-hybridized carbons (Fsp3) is 0.353. The predicted molar refractivity (Wildman–Crippen MR) is 98.6 cm³/mol. The smallest absolute Gasteiger partial charge is 0.419 e. The van der Waals surface area contributed by atoms with E-state index in [4.69, 9.17) is 16.3 Å². The number of aromatic nitrogens is 1. The summed E-state index contributed by atoms with van der Waals surface area (Å²) in [7, 11) is 0. The highest BCUT2D eigenvalue weighted by atomic mass is 127. The van der Waals surface area contributed by atoms with Crippen molar-refractivity contribution in [3.8, 4) is 11.3 Å². The zero-order chi connectivity index (χ0) is 16.5. The molecule has 3 nitrogen and oxygen atoms in total. The van der Waals surface area contributed by atoms with E-state index in [0.717, 1.165) is 26.8 Å². The van der Waals surface area contributed by atoms with E-state index >= 15 is 0 Å². The Hall–Kier alpha value is -1.01. The Labute approximate surface area is 149 Å². The molecule has 1 aromatic carbocycles. The van der Waals surface area contributed by atoms with Crippen LogP contribution in [0.4, 0.5) is 4.79 Å². The lowest BCUT2D eigenvalue weighted by Gasteiger charge is -2.21. The van der Waals surface area contributed by atoms with Crippen LogP contribution in [0.5, 0.6) is 0 Å². The van der Waals surface area contributed by atoms with E-state index in [1.807, 2.05) is 45.0 Å². The second-order valence-electron chi connectivity index (χ2n) is 6.05. The van der Waals surface area contributed by atoms with Gasteiger partial charge in [0.1, 0.15) is 5.60 Å². The molecule has 1 heterocycles. The van der Waals surface area contributed by atoms with Crippen LogP contribution in [0.3, 0.4) is 0 Å². The molecule has 0 fully saturated rings. The van der Waals surface area contributed by atoms with Crippen molar-refractivity contribution >= 4 is 40.3 Å². The van der Waals surface area contributed by atoms with E-state index < -0.39 is 5.60 Å². The number of carbonyl (C=O) groups is 1. The maximum absolute atomic E-state index is 12.5. The Morgan fingerprint density at radius 2 is 2.00 bits per heavy atom. The molecule has 0 saturated heterocycles. The zero-order valence-corrected chi connectivity index (χ0v) is 16.0. The van der Waals surface area contributed by atoms with Gasteiger partial charge in [-0.2, -0.15) is 0 Å². The van der Waals surface area contributed by atoms with Crippen LogP contribution >= 0.6 is 34.2 Å². The minimum atomic E-state index is -0.536. The Balaban J connectivity index is 2.54. The number of carbonyl (C=O) groups excluding carboxylic acids is 1. The third-order valence-electron chi connectivity index (χ3n) is 3.11. The summed E-state index contributed by atoms with van der Waals surface area (Å²) < 4.78 is 8.02. The average Bonchev–Trinajstić information content (AvgIpc) is 2.79. The van der Waals surface area contributed by atoms with Gasteiger partial charge in [0.05, 0.1) is 5.69 Å². The maximum atomic E-state index is 12.5. The number of aryl methyl sites for hydroxylation is 1. The summed E-state index contributed by atoms with van der Waals surface area (Å²) in [5.74, 6) is 0. The summed E-state index contributed by atoms with van der Waals surface area (Å²) in [5.41, 5.74) is 2.37. The van der Waals surface area contributed by atoms with E-state index in [-0.39, 0.29) is 6.09 Å². The molecule has 0 bridgehead atoms. The monoisotopic (exact) mass is 431 g/mol. The number of rotatable bonds is 2. The summed E-state index contributed by atoms with van der Waals surface area (Å²) in [4.78, 5) is 12.5. The fourth-order valence-electron chi connectivity index (χ4n) is 2.20. The van der Waals surface area contributed by atoms with Crippen molar-refractivity contribution in [2.24, 2.45) is 0 Å². The maximum Gasteiger partial charge on any atom is 0.419 e. The molecule has 0 radical (unpaired) electrons. The number of hydrogen-bond donors (Lipinski definition) is 0. The molecule has 2 rings (SSSR count). The summed E-state index contributed by atoms with van der Waals surface area (Å²) in [6.45, 7) is 7.65. The molecule has 2 aromatic rings. The van der Waals surface area contributed by atoms with Gasteiger partial charge < -0.3 is 4.74 Å². The van der Waals surface area contributed by atoms with Crippen LogP contribution in [0.25, 0.3) is 11.3 Å². The van der Waals surface area contributed by atoms with Crippen LogP contribution in [-0.2, 0) is 11.2 Å². The number of nitrogens with zero attached hydrogens (tertiary/aromatic N) is 1. The summed E-state index contributed by atoms with van der Waals surface area (Å²) in [5, 5.41) is 0.652. The van der Waals surface area contributed by atoms with E-state index in [2.05, 4.69) is 29.5 Å². The molecule has 0 amide bonds. The highest BCUT2D eigenvalue weighted by Crippen LogP contribution is 2.30. The first-order valence-electron chi connectivity index (χ1n) is 7.11. The number of ether oxygens (including phenoxy) is 1. The summed E-state index contributed by atoms with van der Waals surface area (Å²) in [6, 6.07) is 7.73. The summed E-state index contributed by atoms with van der Waals surface area (Å²) in [6.07, 6.45) is 2.26. The molecule has 0 aliphatic rings. The topological polar surface area (TPSA) is 31.2 Å². The number of halogens is 2. The van der Waals surface area contributed by atoms with Gasteiger partial charge in [-0.25, -0.2) is 4.79 Å². The highest BCUT2D eigenvalue weighted by molar-refractivity contribution is 14.1. The van der Waals surface area contributed by atoms with Crippen molar-refractivity contribution in [1.82, 2.24) is 4.57 Å².